The molecule has 1 aromatic heterocycles. The van der Waals surface area contributed by atoms with E-state index in [9.17, 15) is 22.4 Å². The molecule has 0 saturated carbocycles. The smallest absolute Gasteiger partial charge is 0.343 e. The molecule has 10 heteroatoms. The van der Waals surface area contributed by atoms with E-state index in [4.69, 9.17) is 0 Å². The maximum Gasteiger partial charge on any atom is 0.445 e. The maximum absolute atomic E-state index is 12.9. The molecular weight excluding hydrogens is 360 g/mol. The van der Waals surface area contributed by atoms with Crippen LogP contribution in [0.5, 0.6) is 0 Å². The number of rotatable bonds is 3. The second-order valence-electron chi connectivity index (χ2n) is 5.56. The Morgan fingerprint density at radius 3 is 2.28 bits per heavy atom. The zero-order chi connectivity index (χ0) is 18.0. The van der Waals surface area contributed by atoms with Gasteiger partial charge in [-0.3, -0.25) is 4.79 Å². The molecule has 3 rings (SSSR count). The number of amides is 1. The van der Waals surface area contributed by atoms with Crippen molar-refractivity contribution in [3.63, 3.8) is 0 Å². The minimum atomic E-state index is -4.50. The standard InChI is InChI=1S/C15H14F4N4OS/c16-11-3-1-10(2-4-11)9-12(24)22-5-7-23(8-6-22)14-21-20-13(25-14)15(17,18)19/h1-4H,5-9H2. The molecule has 0 spiro atoms. The van der Waals surface area contributed by atoms with Gasteiger partial charge < -0.3 is 9.80 Å². The number of piperazine rings is 1. The Morgan fingerprint density at radius 2 is 1.72 bits per heavy atom. The fourth-order valence-electron chi connectivity index (χ4n) is 2.49. The minimum Gasteiger partial charge on any atom is -0.343 e. The number of carbonyl (C=O) groups excluding carboxylic acids is 1. The van der Waals surface area contributed by atoms with Gasteiger partial charge in [0.2, 0.25) is 16.0 Å². The molecule has 1 aliphatic heterocycles. The summed E-state index contributed by atoms with van der Waals surface area (Å²) in [4.78, 5) is 15.6. The highest BCUT2D eigenvalue weighted by atomic mass is 32.1. The van der Waals surface area contributed by atoms with Gasteiger partial charge in [-0.15, -0.1) is 10.2 Å². The molecule has 1 aliphatic rings. The lowest BCUT2D eigenvalue weighted by atomic mass is 10.1. The van der Waals surface area contributed by atoms with Crippen molar-refractivity contribution >= 4 is 22.4 Å². The Kier molecular flexibility index (Phi) is 4.89. The molecule has 5 nitrogen and oxygen atoms in total. The van der Waals surface area contributed by atoms with Crippen LogP contribution in [0.2, 0.25) is 0 Å². The van der Waals surface area contributed by atoms with Gasteiger partial charge in [0.05, 0.1) is 6.42 Å². The quantitative estimate of drug-likeness (QED) is 0.775. The van der Waals surface area contributed by atoms with E-state index in [1.54, 1.807) is 21.9 Å². The highest BCUT2D eigenvalue weighted by Crippen LogP contribution is 2.34. The molecule has 0 unspecified atom stereocenters. The molecule has 134 valence electrons. The summed E-state index contributed by atoms with van der Waals surface area (Å²) in [6.45, 7) is 1.56. The topological polar surface area (TPSA) is 49.3 Å². The van der Waals surface area contributed by atoms with E-state index in [2.05, 4.69) is 10.2 Å². The third kappa shape index (κ3) is 4.25. The first-order chi connectivity index (χ1) is 11.8. The SMILES string of the molecule is O=C(Cc1ccc(F)cc1)N1CCN(c2nnc(C(F)(F)F)s2)CC1. The summed E-state index contributed by atoms with van der Waals surface area (Å²) in [5.41, 5.74) is 0.716. The summed E-state index contributed by atoms with van der Waals surface area (Å²) in [7, 11) is 0. The Morgan fingerprint density at radius 1 is 1.08 bits per heavy atom. The normalized spacial score (nSPS) is 15.5. The lowest BCUT2D eigenvalue weighted by Crippen LogP contribution is -2.49. The number of hydrogen-bond acceptors (Lipinski definition) is 5. The first-order valence-electron chi connectivity index (χ1n) is 7.51. The number of alkyl halides is 3. The fraction of sp³-hybridized carbons (Fsp3) is 0.400. The monoisotopic (exact) mass is 374 g/mol. The second kappa shape index (κ2) is 6.95. The van der Waals surface area contributed by atoms with Gasteiger partial charge in [-0.1, -0.05) is 23.5 Å². The van der Waals surface area contributed by atoms with Gasteiger partial charge in [0.15, 0.2) is 0 Å². The summed E-state index contributed by atoms with van der Waals surface area (Å²) in [6, 6.07) is 5.72. The van der Waals surface area contributed by atoms with Crippen LogP contribution in [0.3, 0.4) is 0 Å². The van der Waals surface area contributed by atoms with E-state index in [1.165, 1.54) is 12.1 Å². The lowest BCUT2D eigenvalue weighted by molar-refractivity contribution is -0.138. The van der Waals surface area contributed by atoms with Crippen LogP contribution in [0.25, 0.3) is 0 Å². The van der Waals surface area contributed by atoms with E-state index in [0.29, 0.717) is 43.1 Å². The Labute approximate surface area is 144 Å². The molecule has 1 saturated heterocycles. The van der Waals surface area contributed by atoms with Crippen molar-refractivity contribution in [2.24, 2.45) is 0 Å². The lowest BCUT2D eigenvalue weighted by Gasteiger charge is -2.34. The minimum absolute atomic E-state index is 0.0977. The molecule has 1 fully saturated rings. The number of nitrogens with zero attached hydrogens (tertiary/aromatic N) is 4. The van der Waals surface area contributed by atoms with Crippen LogP contribution in [0.15, 0.2) is 24.3 Å². The summed E-state index contributed by atoms with van der Waals surface area (Å²) in [6.07, 6.45) is -4.33. The molecule has 0 bridgehead atoms. The van der Waals surface area contributed by atoms with Crippen molar-refractivity contribution in [2.75, 3.05) is 31.1 Å². The van der Waals surface area contributed by atoms with Crippen molar-refractivity contribution in [3.8, 4) is 0 Å². The number of hydrogen-bond donors (Lipinski definition) is 0. The van der Waals surface area contributed by atoms with Crippen LogP contribution in [-0.4, -0.2) is 47.2 Å². The van der Waals surface area contributed by atoms with Gasteiger partial charge in [-0.05, 0) is 17.7 Å². The van der Waals surface area contributed by atoms with Gasteiger partial charge in [-0.2, -0.15) is 13.2 Å². The predicted molar refractivity (Wildman–Crippen MR) is 83.8 cm³/mol. The molecule has 1 aromatic carbocycles. The molecule has 1 amide bonds. The first-order valence-corrected chi connectivity index (χ1v) is 8.32. The molecule has 0 radical (unpaired) electrons. The van der Waals surface area contributed by atoms with Gasteiger partial charge in [0.1, 0.15) is 5.82 Å². The summed E-state index contributed by atoms with van der Waals surface area (Å²) >= 11 is 0.500. The average Bonchev–Trinajstić information content (AvgIpc) is 3.07. The zero-order valence-corrected chi connectivity index (χ0v) is 13.8. The summed E-state index contributed by atoms with van der Waals surface area (Å²) in [5, 5.41) is 5.99. The Hall–Kier alpha value is -2.23. The van der Waals surface area contributed by atoms with Crippen LogP contribution in [0.4, 0.5) is 22.7 Å². The van der Waals surface area contributed by atoms with E-state index >= 15 is 0 Å². The van der Waals surface area contributed by atoms with Crippen molar-refractivity contribution in [1.82, 2.24) is 15.1 Å². The third-order valence-corrected chi connectivity index (χ3v) is 4.86. The highest BCUT2D eigenvalue weighted by molar-refractivity contribution is 7.15. The van der Waals surface area contributed by atoms with Crippen molar-refractivity contribution in [1.29, 1.82) is 0 Å². The fourth-order valence-corrected chi connectivity index (χ4v) is 3.26. The van der Waals surface area contributed by atoms with E-state index in [0.717, 1.165) is 0 Å². The van der Waals surface area contributed by atoms with Crippen LogP contribution in [-0.2, 0) is 17.4 Å². The van der Waals surface area contributed by atoms with Crippen LogP contribution in [0.1, 0.15) is 10.6 Å². The molecular formula is C15H14F4N4OS. The third-order valence-electron chi connectivity index (χ3n) is 3.83. The summed E-state index contributed by atoms with van der Waals surface area (Å²) < 4.78 is 50.6. The number of halogens is 4. The molecule has 0 atom stereocenters. The van der Waals surface area contributed by atoms with Gasteiger partial charge in [0, 0.05) is 26.2 Å². The number of anilines is 1. The summed E-state index contributed by atoms with van der Waals surface area (Å²) in [5.74, 6) is -0.459. The first kappa shape index (κ1) is 17.6. The largest absolute Gasteiger partial charge is 0.445 e. The molecule has 0 N–H and O–H groups in total. The van der Waals surface area contributed by atoms with Crippen molar-refractivity contribution in [2.45, 2.75) is 12.6 Å². The Balaban J connectivity index is 1.55. The van der Waals surface area contributed by atoms with Gasteiger partial charge in [-0.25, -0.2) is 4.39 Å². The molecule has 0 aliphatic carbocycles. The van der Waals surface area contributed by atoms with Crippen LogP contribution < -0.4 is 4.90 Å². The average molecular weight is 374 g/mol. The van der Waals surface area contributed by atoms with Gasteiger partial charge >= 0.3 is 6.18 Å². The van der Waals surface area contributed by atoms with Gasteiger partial charge in [0.25, 0.3) is 0 Å². The van der Waals surface area contributed by atoms with E-state index in [1.807, 2.05) is 0 Å². The zero-order valence-electron chi connectivity index (χ0n) is 13.0. The predicted octanol–water partition coefficient (Wildman–Crippen LogP) is 2.59. The van der Waals surface area contributed by atoms with Crippen molar-refractivity contribution < 1.29 is 22.4 Å². The Bertz CT molecular complexity index is 739. The number of benzene rings is 1. The van der Waals surface area contributed by atoms with E-state index in [-0.39, 0.29) is 23.3 Å². The van der Waals surface area contributed by atoms with Crippen LogP contribution >= 0.6 is 11.3 Å². The molecule has 25 heavy (non-hydrogen) atoms. The highest BCUT2D eigenvalue weighted by Gasteiger charge is 2.36. The number of aromatic nitrogens is 2. The van der Waals surface area contributed by atoms with Crippen LogP contribution in [0, 0.1) is 5.82 Å². The molecule has 2 heterocycles. The molecule has 2 aromatic rings. The maximum atomic E-state index is 12.9. The number of carbonyl (C=O) groups is 1. The van der Waals surface area contributed by atoms with Crippen molar-refractivity contribution in [3.05, 3.63) is 40.7 Å². The van der Waals surface area contributed by atoms with E-state index < -0.39 is 11.2 Å². The second-order valence-corrected chi connectivity index (χ2v) is 6.51.